The van der Waals surface area contributed by atoms with Crippen molar-refractivity contribution in [3.05, 3.63) is 127 Å². The molecular weight excluding hydrogens is 599 g/mol. The first-order chi connectivity index (χ1) is 16.2. The molecule has 1 N–H and O–H groups in total. The molecule has 3 aromatic carbocycles. The van der Waals surface area contributed by atoms with Gasteiger partial charge in [-0.25, -0.2) is 0 Å². The molecule has 4 heteroatoms. The molecule has 34 heavy (non-hydrogen) atoms. The Morgan fingerprint density at radius 2 is 1.21 bits per heavy atom. The zero-order valence-electron chi connectivity index (χ0n) is 18.6. The maximum Gasteiger partial charge on any atom is 0.124 e. The van der Waals surface area contributed by atoms with E-state index in [2.05, 4.69) is 49.4 Å². The minimum Gasteiger partial charge on any atom is -0.507 e. The summed E-state index contributed by atoms with van der Waals surface area (Å²) < 4.78 is 0. The number of phenols is 1. The van der Waals surface area contributed by atoms with Crippen LogP contribution >= 0.6 is 0 Å². The van der Waals surface area contributed by atoms with Gasteiger partial charge >= 0.3 is 0 Å². The van der Waals surface area contributed by atoms with Crippen molar-refractivity contribution in [2.75, 3.05) is 0 Å². The maximum absolute atomic E-state index is 10.2. The van der Waals surface area contributed by atoms with Crippen LogP contribution in [0.5, 0.6) is 5.75 Å². The zero-order chi connectivity index (χ0) is 22.6. The minimum absolute atomic E-state index is 0. The van der Waals surface area contributed by atoms with Crippen LogP contribution in [0, 0.1) is 6.07 Å². The first-order valence-corrected chi connectivity index (χ1v) is 11.0. The number of nitrogens with zero attached hydrogens (tertiary/aromatic N) is 2. The van der Waals surface area contributed by atoms with E-state index >= 15 is 0 Å². The summed E-state index contributed by atoms with van der Waals surface area (Å²) in [6.07, 6.45) is 0. The van der Waals surface area contributed by atoms with Gasteiger partial charge in [-0.15, -0.1) is 24.3 Å². The first-order valence-electron chi connectivity index (χ1n) is 11.0. The van der Waals surface area contributed by atoms with E-state index in [0.29, 0.717) is 5.56 Å². The normalized spacial score (nSPS) is 11.4. The van der Waals surface area contributed by atoms with E-state index in [1.54, 1.807) is 12.1 Å². The summed E-state index contributed by atoms with van der Waals surface area (Å²) in [6, 6.07) is 39.1. The van der Waals surface area contributed by atoms with Crippen LogP contribution in [0.25, 0.3) is 33.8 Å². The Hall–Kier alpha value is -3.55. The standard InChI is InChI=1S/C30H23N2O.Pt/c1-21(22-10-3-2-4-11-22)26-15-8-16-27(31-26)23-12-7-13-24(20-23)28-17-9-18-29(32-28)25-14-5-6-19-30(25)33;/h2-19,21,33H,1H3;/q-1;. The van der Waals surface area contributed by atoms with Crippen LogP contribution < -0.4 is 0 Å². The van der Waals surface area contributed by atoms with Gasteiger partial charge in [0.05, 0.1) is 5.69 Å². The Morgan fingerprint density at radius 3 is 1.94 bits per heavy atom. The van der Waals surface area contributed by atoms with Gasteiger partial charge in [0.25, 0.3) is 0 Å². The summed E-state index contributed by atoms with van der Waals surface area (Å²) in [5, 5.41) is 10.2. The summed E-state index contributed by atoms with van der Waals surface area (Å²) in [5.74, 6) is 0.416. The first kappa shape index (κ1) is 23.6. The zero-order valence-corrected chi connectivity index (χ0v) is 20.9. The molecule has 0 amide bonds. The molecule has 0 spiro atoms. The average molecular weight is 623 g/mol. The second-order valence-electron chi connectivity index (χ2n) is 7.98. The summed E-state index contributed by atoms with van der Waals surface area (Å²) in [4.78, 5) is 9.73. The molecule has 0 fully saturated rings. The number of aromatic hydroxyl groups is 1. The van der Waals surface area contributed by atoms with E-state index < -0.39 is 0 Å². The quantitative estimate of drug-likeness (QED) is 0.212. The molecule has 0 aliphatic rings. The van der Waals surface area contributed by atoms with Gasteiger partial charge in [0, 0.05) is 49.6 Å². The summed E-state index contributed by atoms with van der Waals surface area (Å²) in [6.45, 7) is 2.18. The second-order valence-corrected chi connectivity index (χ2v) is 7.98. The van der Waals surface area contributed by atoms with E-state index in [1.807, 2.05) is 60.7 Å². The molecule has 5 rings (SSSR count). The van der Waals surface area contributed by atoms with Crippen molar-refractivity contribution in [1.29, 1.82) is 0 Å². The monoisotopic (exact) mass is 622 g/mol. The van der Waals surface area contributed by atoms with Gasteiger partial charge in [0.15, 0.2) is 0 Å². The molecule has 5 aromatic rings. The van der Waals surface area contributed by atoms with Crippen molar-refractivity contribution in [3.63, 3.8) is 0 Å². The van der Waals surface area contributed by atoms with Gasteiger partial charge in [0.2, 0.25) is 0 Å². The fraction of sp³-hybridized carbons (Fsp3) is 0.0667. The number of pyridine rings is 2. The fourth-order valence-electron chi connectivity index (χ4n) is 3.95. The molecular formula is C30H23N2OPt-. The number of hydrogen-bond donors (Lipinski definition) is 1. The van der Waals surface area contributed by atoms with Crippen LogP contribution in [0.2, 0.25) is 0 Å². The van der Waals surface area contributed by atoms with E-state index in [9.17, 15) is 5.11 Å². The Labute approximate surface area is 214 Å². The molecule has 2 aromatic heterocycles. The van der Waals surface area contributed by atoms with Crippen molar-refractivity contribution >= 4 is 0 Å². The Balaban J connectivity index is 0.00000274. The Bertz CT molecular complexity index is 1400. The summed E-state index contributed by atoms with van der Waals surface area (Å²) in [5.41, 5.74) is 7.18. The van der Waals surface area contributed by atoms with Crippen LogP contribution in [-0.2, 0) is 21.1 Å². The number of aromatic nitrogens is 2. The SMILES string of the molecule is CC(c1ccccc1)c1cccc(-c2[c-]c(-c3cccc(-c4ccccc4O)n3)ccc2)n1.[Pt]. The fourth-order valence-corrected chi connectivity index (χ4v) is 3.95. The third-order valence-electron chi connectivity index (χ3n) is 5.79. The number of para-hydroxylation sites is 1. The van der Waals surface area contributed by atoms with E-state index in [1.165, 1.54) is 5.56 Å². The van der Waals surface area contributed by atoms with Gasteiger partial charge in [-0.2, -0.15) is 0 Å². The van der Waals surface area contributed by atoms with Crippen molar-refractivity contribution < 1.29 is 26.2 Å². The molecule has 3 nitrogen and oxygen atoms in total. The topological polar surface area (TPSA) is 46.0 Å². The smallest absolute Gasteiger partial charge is 0.124 e. The molecule has 1 unspecified atom stereocenters. The summed E-state index contributed by atoms with van der Waals surface area (Å²) in [7, 11) is 0. The van der Waals surface area contributed by atoms with Crippen LogP contribution in [0.1, 0.15) is 24.1 Å². The van der Waals surface area contributed by atoms with Crippen molar-refractivity contribution in [3.8, 4) is 39.5 Å². The van der Waals surface area contributed by atoms with E-state index in [4.69, 9.17) is 9.97 Å². The van der Waals surface area contributed by atoms with Crippen molar-refractivity contribution in [2.45, 2.75) is 12.8 Å². The molecule has 170 valence electrons. The minimum atomic E-state index is 0. The third-order valence-corrected chi connectivity index (χ3v) is 5.79. The van der Waals surface area contributed by atoms with Gasteiger partial charge in [-0.1, -0.05) is 84.8 Å². The number of hydrogen-bond acceptors (Lipinski definition) is 3. The predicted molar refractivity (Wildman–Crippen MR) is 133 cm³/mol. The van der Waals surface area contributed by atoms with Crippen molar-refractivity contribution in [2.24, 2.45) is 0 Å². The maximum atomic E-state index is 10.2. The van der Waals surface area contributed by atoms with Crippen molar-refractivity contribution in [1.82, 2.24) is 9.97 Å². The summed E-state index contributed by atoms with van der Waals surface area (Å²) >= 11 is 0. The number of rotatable bonds is 5. The Morgan fingerprint density at radius 1 is 0.618 bits per heavy atom. The largest absolute Gasteiger partial charge is 0.507 e. The molecule has 2 heterocycles. The molecule has 0 aliphatic carbocycles. The molecule has 1 atom stereocenters. The second kappa shape index (κ2) is 10.6. The van der Waals surface area contributed by atoms with Crippen LogP contribution in [0.4, 0.5) is 0 Å². The van der Waals surface area contributed by atoms with Gasteiger partial charge in [-0.3, -0.25) is 9.97 Å². The van der Waals surface area contributed by atoms with E-state index in [0.717, 1.165) is 33.9 Å². The van der Waals surface area contributed by atoms with Crippen LogP contribution in [0.3, 0.4) is 0 Å². The Kier molecular flexibility index (Phi) is 7.35. The average Bonchev–Trinajstić information content (AvgIpc) is 2.89. The van der Waals surface area contributed by atoms with Crippen LogP contribution in [0.15, 0.2) is 109 Å². The number of phenolic OH excluding ortho intramolecular Hbond substituents is 1. The molecule has 0 bridgehead atoms. The van der Waals surface area contributed by atoms with Gasteiger partial charge in [0.1, 0.15) is 5.75 Å². The van der Waals surface area contributed by atoms with E-state index in [-0.39, 0.29) is 32.7 Å². The molecule has 0 radical (unpaired) electrons. The van der Waals surface area contributed by atoms with Crippen LogP contribution in [-0.4, -0.2) is 15.1 Å². The predicted octanol–water partition coefficient (Wildman–Crippen LogP) is 7.13. The molecule has 0 saturated heterocycles. The van der Waals surface area contributed by atoms with Gasteiger partial charge < -0.3 is 5.11 Å². The van der Waals surface area contributed by atoms with Gasteiger partial charge in [-0.05, 0) is 29.8 Å². The molecule has 0 aliphatic heterocycles. The number of benzene rings is 3. The third kappa shape index (κ3) is 5.00. The molecule has 0 saturated carbocycles.